The number of Topliss-reactive ketones (excluding diaryl/α,β-unsaturated/α-hetero) is 1. The van der Waals surface area contributed by atoms with Crippen LogP contribution in [0.1, 0.15) is 134 Å². The summed E-state index contributed by atoms with van der Waals surface area (Å²) in [6.45, 7) is 16.6. The number of nitrogens with zero attached hydrogens (tertiary/aromatic N) is 1. The molecule has 8 rings (SSSR count). The Morgan fingerprint density at radius 2 is 1.54 bits per heavy atom. The molecule has 1 aliphatic heterocycles. The molecule has 91 heavy (non-hydrogen) atoms. The highest BCUT2D eigenvalue weighted by molar-refractivity contribution is 5.97. The standard InChI is InChI=1S/C43H59NO16.C20H21N5O6/c1-21-24(57-35(50)28(47)31(38(3,4)5)44-36(51)59-39(6,7)8)19-43(53)33(58-34(49)23-16-14-13-15-17-23)30-41(11,32(48)29(56-22(2)45)27(21)40(43,9)10)25(46)18-26-42(30,20-55-26)60-37(52)54-12;21-20-24-16-15(18(29)25-20)12(9-22-16)6-3-10-1-4-11(5-2-10)17(28)23-13(19(30)31)7-8-14(26)27/h13-17,24-26,28-31,33,46-47,53H,18-20H2,1-12H3,(H,44,51);1-2,4-5,9,13H,3,6-8H2,(H,23,28)(H,26,27)(H,30,31)(H4,21,22,24,25,29)/t24-,25-,26+,28+,29+,30-,31+,33-,41+,42-,43+;13-/m00/s1. The number of hydrogen-bond donors (Lipinski definition) is 10. The number of carbonyl (C=O) groups is 9. The maximum absolute atomic E-state index is 15.4. The van der Waals surface area contributed by atoms with Gasteiger partial charge in [0.1, 0.15) is 41.2 Å². The molecule has 28 nitrogen and oxygen atoms in total. The second-order valence-corrected chi connectivity index (χ2v) is 26.1. The molecular weight excluding hydrogens is 1190 g/mol. The van der Waals surface area contributed by atoms with Crippen LogP contribution in [0.5, 0.6) is 0 Å². The van der Waals surface area contributed by atoms with Crippen molar-refractivity contribution in [3.8, 4) is 0 Å². The van der Waals surface area contributed by atoms with E-state index < -0.39 is 148 Å². The van der Waals surface area contributed by atoms with Gasteiger partial charge in [0.05, 0.1) is 48.1 Å². The molecule has 4 aliphatic rings. The minimum atomic E-state index is -2.42. The molecule has 11 N–H and O–H groups in total. The summed E-state index contributed by atoms with van der Waals surface area (Å²) in [5.74, 6) is -8.62. The van der Waals surface area contributed by atoms with Crippen LogP contribution in [-0.4, -0.2) is 173 Å². The first-order valence-corrected chi connectivity index (χ1v) is 29.4. The number of hydrogen-bond acceptors (Lipinski definition) is 22. The van der Waals surface area contributed by atoms with E-state index >= 15 is 4.79 Å². The van der Waals surface area contributed by atoms with Crippen LogP contribution in [0.25, 0.3) is 11.0 Å². The van der Waals surface area contributed by atoms with E-state index in [1.807, 2.05) is 0 Å². The molecule has 0 radical (unpaired) electrons. The number of aliphatic hydroxyl groups excluding tert-OH is 2. The van der Waals surface area contributed by atoms with E-state index in [0.29, 0.717) is 23.9 Å². The zero-order valence-electron chi connectivity index (χ0n) is 52.6. The number of anilines is 1. The fraction of sp³-hybridized carbons (Fsp3) is 0.540. The van der Waals surface area contributed by atoms with Crippen LogP contribution in [0, 0.1) is 22.2 Å². The quantitative estimate of drug-likeness (QED) is 0.0398. The molecule has 0 spiro atoms. The predicted octanol–water partition coefficient (Wildman–Crippen LogP) is 4.39. The van der Waals surface area contributed by atoms with Gasteiger partial charge in [0.15, 0.2) is 23.6 Å². The maximum atomic E-state index is 15.4. The lowest BCUT2D eigenvalue weighted by Crippen LogP contribution is -2.82. The minimum Gasteiger partial charge on any atom is -0.481 e. The normalized spacial score (nSPS) is 25.9. The van der Waals surface area contributed by atoms with Crippen molar-refractivity contribution >= 4 is 70.8 Å². The molecule has 12 atom stereocenters. The van der Waals surface area contributed by atoms with Crippen molar-refractivity contribution in [1.82, 2.24) is 25.6 Å². The van der Waals surface area contributed by atoms with Gasteiger partial charge in [-0.25, -0.2) is 24.0 Å². The van der Waals surface area contributed by atoms with Gasteiger partial charge in [-0.15, -0.1) is 0 Å². The van der Waals surface area contributed by atoms with Gasteiger partial charge in [-0.05, 0) is 106 Å². The van der Waals surface area contributed by atoms with E-state index in [4.69, 9.17) is 49.1 Å². The number of nitrogens with two attached hydrogens (primary N) is 1. The van der Waals surface area contributed by atoms with Gasteiger partial charge in [0.2, 0.25) is 5.95 Å². The smallest absolute Gasteiger partial charge is 0.481 e. The van der Waals surface area contributed by atoms with Crippen LogP contribution in [0.4, 0.5) is 15.5 Å². The third-order valence-corrected chi connectivity index (χ3v) is 17.5. The Bertz CT molecular complexity index is 3550. The minimum absolute atomic E-state index is 0.0226. The summed E-state index contributed by atoms with van der Waals surface area (Å²) < 4.78 is 40.3. The van der Waals surface area contributed by atoms with Crippen molar-refractivity contribution in [3.63, 3.8) is 0 Å². The van der Waals surface area contributed by atoms with Gasteiger partial charge >= 0.3 is 42.1 Å². The first kappa shape index (κ1) is 69.7. The second-order valence-electron chi connectivity index (χ2n) is 26.1. The van der Waals surface area contributed by atoms with Crippen LogP contribution >= 0.6 is 0 Å². The van der Waals surface area contributed by atoms with Gasteiger partial charge in [-0.2, -0.15) is 4.98 Å². The van der Waals surface area contributed by atoms with Crippen LogP contribution in [0.3, 0.4) is 0 Å². The number of aliphatic hydroxyl groups is 3. The van der Waals surface area contributed by atoms with Crippen molar-refractivity contribution in [2.45, 2.75) is 180 Å². The Hall–Kier alpha value is -8.73. The largest absolute Gasteiger partial charge is 0.508 e. The number of ether oxygens (including phenoxy) is 7. The molecular formula is C63H80N6O22. The summed E-state index contributed by atoms with van der Waals surface area (Å²) in [5, 5.41) is 60.4. The first-order valence-electron chi connectivity index (χ1n) is 29.4. The van der Waals surface area contributed by atoms with Gasteiger partial charge in [0, 0.05) is 43.4 Å². The van der Waals surface area contributed by atoms with Gasteiger partial charge < -0.3 is 80.0 Å². The molecule has 3 heterocycles. The van der Waals surface area contributed by atoms with Crippen LogP contribution in [0.15, 0.2) is 76.7 Å². The highest BCUT2D eigenvalue weighted by Gasteiger charge is 2.78. The van der Waals surface area contributed by atoms with Crippen molar-refractivity contribution in [2.24, 2.45) is 22.2 Å². The molecule has 2 aromatic carbocycles. The van der Waals surface area contributed by atoms with E-state index in [9.17, 15) is 58.5 Å². The number of aromatic nitrogens is 3. The summed E-state index contributed by atoms with van der Waals surface area (Å²) in [7, 11) is 1.07. The molecule has 3 fully saturated rings. The van der Waals surface area contributed by atoms with E-state index in [2.05, 4.69) is 25.6 Å². The number of nitrogens with one attached hydrogen (secondary N) is 4. The van der Waals surface area contributed by atoms with Crippen molar-refractivity contribution in [2.75, 3.05) is 19.5 Å². The Morgan fingerprint density at radius 1 is 0.890 bits per heavy atom. The van der Waals surface area contributed by atoms with E-state index in [1.165, 1.54) is 39.8 Å². The molecule has 4 aromatic rings. The molecule has 2 bridgehead atoms. The lowest BCUT2D eigenvalue weighted by molar-refractivity contribution is -0.344. The number of carbonyl (C=O) groups excluding carboxylic acids is 7. The molecule has 1 saturated heterocycles. The number of carboxylic acids is 2. The van der Waals surface area contributed by atoms with E-state index in [0.717, 1.165) is 25.2 Å². The molecule has 3 aliphatic carbocycles. The fourth-order valence-corrected chi connectivity index (χ4v) is 12.7. The average Bonchev–Trinajstić information content (AvgIpc) is 0.938. The molecule has 0 unspecified atom stereocenters. The lowest BCUT2D eigenvalue weighted by Gasteiger charge is -2.67. The van der Waals surface area contributed by atoms with Crippen molar-refractivity contribution in [1.29, 1.82) is 0 Å². The van der Waals surface area contributed by atoms with E-state index in [1.54, 1.807) is 90.2 Å². The van der Waals surface area contributed by atoms with Crippen molar-refractivity contribution in [3.05, 3.63) is 105 Å². The number of amides is 2. The Morgan fingerprint density at radius 3 is 2.10 bits per heavy atom. The average molecular weight is 1270 g/mol. The van der Waals surface area contributed by atoms with Gasteiger partial charge in [-0.1, -0.05) is 65.0 Å². The highest BCUT2D eigenvalue weighted by Crippen LogP contribution is 2.64. The molecule has 2 aromatic heterocycles. The number of nitrogen functional groups attached to an aromatic ring is 1. The Kier molecular flexibility index (Phi) is 20.4. The Labute approximate surface area is 522 Å². The fourth-order valence-electron chi connectivity index (χ4n) is 12.7. The number of H-pyrrole nitrogens is 2. The topological polar surface area (TPSA) is 431 Å². The van der Waals surface area contributed by atoms with Crippen LogP contribution < -0.4 is 21.9 Å². The second kappa shape index (κ2) is 26.6. The highest BCUT2D eigenvalue weighted by atomic mass is 16.8. The number of aliphatic carboxylic acids is 2. The zero-order valence-corrected chi connectivity index (χ0v) is 52.6. The van der Waals surface area contributed by atoms with Gasteiger partial charge in [0.25, 0.3) is 11.5 Å². The number of methoxy groups -OCH3 is 1. The number of aromatic amines is 2. The first-order chi connectivity index (χ1) is 42.3. The molecule has 2 saturated carbocycles. The summed E-state index contributed by atoms with van der Waals surface area (Å²) in [4.78, 5) is 138. The number of ketones is 1. The van der Waals surface area contributed by atoms with Crippen LogP contribution in [-0.2, 0) is 70.0 Å². The van der Waals surface area contributed by atoms with Gasteiger partial charge in [-0.3, -0.25) is 29.0 Å². The number of aryl methyl sites for hydroxylation is 2. The Balaban J connectivity index is 0.000000317. The van der Waals surface area contributed by atoms with Crippen LogP contribution in [0.2, 0.25) is 0 Å². The predicted molar refractivity (Wildman–Crippen MR) is 320 cm³/mol. The zero-order chi connectivity index (χ0) is 67.7. The third kappa shape index (κ3) is 14.4. The number of carboxylic acid groups (broad SMARTS) is 2. The molecule has 494 valence electrons. The molecule has 2 amide bonds. The number of alkyl carbamates (subject to hydrolysis) is 1. The SMILES string of the molecule is COC(=O)O[C@@]12CO[C@@H]1C[C@H](O)[C@@]1(C)C(=O)[C@H](OC(C)=O)C3=C(C)[C@@H](OC(=O)[C@H](O)[C@@H](NC(=O)OC(C)(C)C)C(C)(C)C)C[C@@](O)([C@@H](OC(=O)c4ccccc4)[C@H]21)C3(C)C.Nc1nc2[nH]cc(CCc3ccc(C(=O)N[C@@H](CCC(=O)O)C(=O)O)cc3)c2c(=O)[nH]1. The lowest BCUT2D eigenvalue weighted by atomic mass is 9.44. The monoisotopic (exact) mass is 1270 g/mol. The number of fused-ring (bicyclic) bond motifs is 6. The van der Waals surface area contributed by atoms with E-state index in [-0.39, 0.29) is 59.7 Å². The summed E-state index contributed by atoms with van der Waals surface area (Å²) in [5.41, 5.74) is -2.19. The van der Waals surface area contributed by atoms with Crippen molar-refractivity contribution < 1.29 is 102 Å². The molecule has 28 heteroatoms. The number of rotatable bonds is 17. The number of benzene rings is 2. The maximum Gasteiger partial charge on any atom is 0.508 e. The number of esters is 3. The summed E-state index contributed by atoms with van der Waals surface area (Å²) >= 11 is 0. The third-order valence-electron chi connectivity index (χ3n) is 17.5. The summed E-state index contributed by atoms with van der Waals surface area (Å²) in [6, 6.07) is 11.8. The summed E-state index contributed by atoms with van der Waals surface area (Å²) in [6.07, 6.45) is -10.6.